The molecule has 1 amide bonds. The van der Waals surface area contributed by atoms with Gasteiger partial charge in [-0.2, -0.15) is 0 Å². The van der Waals surface area contributed by atoms with Crippen LogP contribution in [0.15, 0.2) is 11.3 Å². The first-order valence-corrected chi connectivity index (χ1v) is 4.74. The van der Waals surface area contributed by atoms with Crippen LogP contribution in [-0.4, -0.2) is 22.8 Å². The van der Waals surface area contributed by atoms with Crippen LogP contribution in [0.1, 0.15) is 27.2 Å². The highest BCUT2D eigenvalue weighted by Crippen LogP contribution is 2.20. The Kier molecular flexibility index (Phi) is 2.93. The second kappa shape index (κ2) is 3.82. The molecule has 0 saturated carbocycles. The van der Waals surface area contributed by atoms with Crippen LogP contribution in [0.5, 0.6) is 0 Å². The summed E-state index contributed by atoms with van der Waals surface area (Å²) in [7, 11) is 0. The van der Waals surface area contributed by atoms with Gasteiger partial charge in [0.15, 0.2) is 5.78 Å². The third-order valence-corrected chi connectivity index (χ3v) is 2.62. The van der Waals surface area contributed by atoms with Gasteiger partial charge in [-0.3, -0.25) is 9.59 Å². The van der Waals surface area contributed by atoms with Crippen LogP contribution in [0.4, 0.5) is 0 Å². The molecule has 4 heteroatoms. The summed E-state index contributed by atoms with van der Waals surface area (Å²) in [6, 6.07) is -0.468. The van der Waals surface area contributed by atoms with Crippen LogP contribution in [0.2, 0.25) is 0 Å². The Morgan fingerprint density at radius 3 is 2.50 bits per heavy atom. The monoisotopic (exact) mass is 197 g/mol. The molecule has 0 radical (unpaired) electrons. The largest absolute Gasteiger partial charge is 0.512 e. The lowest BCUT2D eigenvalue weighted by Crippen LogP contribution is -2.35. The molecule has 1 fully saturated rings. The third kappa shape index (κ3) is 1.64. The van der Waals surface area contributed by atoms with Crippen molar-refractivity contribution < 1.29 is 14.7 Å². The first-order chi connectivity index (χ1) is 6.49. The van der Waals surface area contributed by atoms with Crippen molar-refractivity contribution in [3.8, 4) is 0 Å². The van der Waals surface area contributed by atoms with Gasteiger partial charge >= 0.3 is 0 Å². The number of nitrogens with one attached hydrogen (secondary N) is 1. The van der Waals surface area contributed by atoms with E-state index in [1.54, 1.807) is 0 Å². The van der Waals surface area contributed by atoms with Crippen LogP contribution in [0.25, 0.3) is 0 Å². The smallest absolute Gasteiger partial charge is 0.259 e. The lowest BCUT2D eigenvalue weighted by molar-refractivity contribution is -0.117. The molecular weight excluding hydrogens is 182 g/mol. The summed E-state index contributed by atoms with van der Waals surface area (Å²) in [5, 5.41) is 11.7. The fourth-order valence-electron chi connectivity index (χ4n) is 1.53. The van der Waals surface area contributed by atoms with Crippen molar-refractivity contribution >= 4 is 11.7 Å². The quantitative estimate of drug-likeness (QED) is 0.393. The fourth-order valence-corrected chi connectivity index (χ4v) is 1.53. The van der Waals surface area contributed by atoms with Crippen molar-refractivity contribution in [2.75, 3.05) is 0 Å². The molecule has 1 saturated heterocycles. The molecule has 1 rings (SSSR count). The number of aliphatic hydroxyl groups excluding tert-OH is 1. The van der Waals surface area contributed by atoms with Crippen LogP contribution < -0.4 is 5.32 Å². The molecule has 1 aliphatic rings. The molecule has 0 spiro atoms. The van der Waals surface area contributed by atoms with E-state index >= 15 is 0 Å². The summed E-state index contributed by atoms with van der Waals surface area (Å²) < 4.78 is 0. The maximum Gasteiger partial charge on any atom is 0.259 e. The van der Waals surface area contributed by atoms with E-state index in [1.807, 2.05) is 13.8 Å². The number of rotatable bonds is 2. The molecule has 0 aromatic heterocycles. The molecule has 0 aromatic carbocycles. The van der Waals surface area contributed by atoms with E-state index in [9.17, 15) is 9.59 Å². The average molecular weight is 197 g/mol. The zero-order valence-corrected chi connectivity index (χ0v) is 8.63. The minimum absolute atomic E-state index is 0.0877. The fraction of sp³-hybridized carbons (Fsp3) is 0.600. The molecule has 1 aliphatic heterocycles. The van der Waals surface area contributed by atoms with Gasteiger partial charge in [-0.25, -0.2) is 0 Å². The van der Waals surface area contributed by atoms with E-state index < -0.39 is 11.9 Å². The Labute approximate surface area is 83.0 Å². The van der Waals surface area contributed by atoms with E-state index in [2.05, 4.69) is 5.32 Å². The molecule has 4 nitrogen and oxygen atoms in total. The zero-order valence-electron chi connectivity index (χ0n) is 8.63. The molecule has 14 heavy (non-hydrogen) atoms. The topological polar surface area (TPSA) is 66.4 Å². The maximum atomic E-state index is 11.7. The summed E-state index contributed by atoms with van der Waals surface area (Å²) >= 11 is 0. The lowest BCUT2D eigenvalue weighted by atomic mass is 9.95. The molecule has 78 valence electrons. The second-order valence-corrected chi connectivity index (χ2v) is 3.66. The molecule has 1 heterocycles. The second-order valence-electron chi connectivity index (χ2n) is 3.66. The molecule has 2 N–H and O–H groups in total. The number of hydrogen-bond acceptors (Lipinski definition) is 3. The van der Waals surface area contributed by atoms with Gasteiger partial charge in [0.25, 0.3) is 5.91 Å². The number of hydrogen-bond donors (Lipinski definition) is 2. The van der Waals surface area contributed by atoms with Crippen LogP contribution in [0.3, 0.4) is 0 Å². The first kappa shape index (κ1) is 10.8. The van der Waals surface area contributed by atoms with Gasteiger partial charge in [-0.1, -0.05) is 20.3 Å². The number of aliphatic hydroxyl groups is 1. The standard InChI is InChI=1S/C10H15NO3/c1-4-5(2)8-9(13)7(6(3)12)10(14)11-8/h5,8,12H,4H2,1-3H3,(H,11,14)/b7-6+/t5-,8-/m1/s1. The van der Waals surface area contributed by atoms with Gasteiger partial charge in [0.2, 0.25) is 0 Å². The summed E-state index contributed by atoms with van der Waals surface area (Å²) in [4.78, 5) is 23.0. The van der Waals surface area contributed by atoms with Crippen molar-refractivity contribution in [1.82, 2.24) is 5.32 Å². The Balaban J connectivity index is 2.97. The number of ketones is 1. The van der Waals surface area contributed by atoms with E-state index in [1.165, 1.54) is 6.92 Å². The van der Waals surface area contributed by atoms with E-state index in [0.29, 0.717) is 0 Å². The van der Waals surface area contributed by atoms with Gasteiger partial charge < -0.3 is 10.4 Å². The number of allylic oxidation sites excluding steroid dienone is 1. The van der Waals surface area contributed by atoms with Crippen LogP contribution in [-0.2, 0) is 9.59 Å². The van der Waals surface area contributed by atoms with Crippen molar-refractivity contribution in [2.24, 2.45) is 5.92 Å². The van der Waals surface area contributed by atoms with E-state index in [-0.39, 0.29) is 23.0 Å². The van der Waals surface area contributed by atoms with Crippen molar-refractivity contribution in [1.29, 1.82) is 0 Å². The van der Waals surface area contributed by atoms with Gasteiger partial charge in [0.1, 0.15) is 11.3 Å². The molecule has 2 atom stereocenters. The van der Waals surface area contributed by atoms with Gasteiger partial charge in [0.05, 0.1) is 6.04 Å². The maximum absolute atomic E-state index is 11.7. The molecule has 0 bridgehead atoms. The van der Waals surface area contributed by atoms with Crippen molar-refractivity contribution in [2.45, 2.75) is 33.2 Å². The van der Waals surface area contributed by atoms with Gasteiger partial charge in [0, 0.05) is 0 Å². The molecule has 0 unspecified atom stereocenters. The highest BCUT2D eigenvalue weighted by Gasteiger charge is 2.39. The number of amides is 1. The summed E-state index contributed by atoms with van der Waals surface area (Å²) in [6.45, 7) is 5.21. The van der Waals surface area contributed by atoms with Crippen molar-refractivity contribution in [3.05, 3.63) is 11.3 Å². The van der Waals surface area contributed by atoms with Gasteiger partial charge in [-0.05, 0) is 12.8 Å². The molecular formula is C10H15NO3. The Morgan fingerprint density at radius 1 is 1.57 bits per heavy atom. The first-order valence-electron chi connectivity index (χ1n) is 4.74. The Hall–Kier alpha value is -1.32. The SMILES string of the molecule is CC[C@@H](C)[C@H]1NC(=O)/C(=C(\C)O)C1=O. The Bertz CT molecular complexity index is 302. The minimum atomic E-state index is -0.468. The number of Topliss-reactive ketones (excluding diaryl/α,β-unsaturated/α-hetero) is 1. The van der Waals surface area contributed by atoms with Crippen LogP contribution >= 0.6 is 0 Å². The minimum Gasteiger partial charge on any atom is -0.512 e. The number of carbonyl (C=O) groups excluding carboxylic acids is 2. The zero-order chi connectivity index (χ0) is 10.9. The summed E-state index contributed by atoms with van der Waals surface area (Å²) in [6.07, 6.45) is 0.814. The van der Waals surface area contributed by atoms with Crippen molar-refractivity contribution in [3.63, 3.8) is 0 Å². The highest BCUT2D eigenvalue weighted by molar-refractivity contribution is 6.26. The van der Waals surface area contributed by atoms with E-state index in [4.69, 9.17) is 5.11 Å². The summed E-state index contributed by atoms with van der Waals surface area (Å²) in [5.41, 5.74) is -0.0877. The predicted octanol–water partition coefficient (Wildman–Crippen LogP) is 0.932. The normalized spacial score (nSPS) is 27.5. The van der Waals surface area contributed by atoms with E-state index in [0.717, 1.165) is 6.42 Å². The molecule has 0 aromatic rings. The predicted molar refractivity (Wildman–Crippen MR) is 51.7 cm³/mol. The number of carbonyl (C=O) groups is 2. The average Bonchev–Trinajstić information content (AvgIpc) is 2.40. The lowest BCUT2D eigenvalue weighted by Gasteiger charge is -2.14. The van der Waals surface area contributed by atoms with Crippen LogP contribution in [0, 0.1) is 5.92 Å². The highest BCUT2D eigenvalue weighted by atomic mass is 16.3. The molecule has 0 aliphatic carbocycles. The third-order valence-electron chi connectivity index (χ3n) is 2.62. The van der Waals surface area contributed by atoms with Gasteiger partial charge in [-0.15, -0.1) is 0 Å². The Morgan fingerprint density at radius 2 is 2.14 bits per heavy atom. The summed E-state index contributed by atoms with van der Waals surface area (Å²) in [5.74, 6) is -0.841.